The van der Waals surface area contributed by atoms with Crippen LogP contribution in [-0.4, -0.2) is 30.0 Å². The van der Waals surface area contributed by atoms with E-state index in [0.717, 1.165) is 4.88 Å². The zero-order valence-corrected chi connectivity index (χ0v) is 14.7. The van der Waals surface area contributed by atoms with Gasteiger partial charge < -0.3 is 20.7 Å². The van der Waals surface area contributed by atoms with Gasteiger partial charge in [0.1, 0.15) is 5.75 Å². The van der Waals surface area contributed by atoms with E-state index >= 15 is 0 Å². The van der Waals surface area contributed by atoms with Crippen molar-refractivity contribution in [3.05, 3.63) is 45.6 Å². The number of anilines is 1. The van der Waals surface area contributed by atoms with Crippen molar-refractivity contribution in [3.63, 3.8) is 0 Å². The normalized spacial score (nSPS) is 10.2. The number of carbonyl (C=O) groups excluding carboxylic acids is 2. The summed E-state index contributed by atoms with van der Waals surface area (Å²) in [6.07, 6.45) is 0. The predicted molar refractivity (Wildman–Crippen MR) is 95.6 cm³/mol. The number of hydrogen-bond acceptors (Lipinski definition) is 4. The molecule has 1 aromatic heterocycles. The Morgan fingerprint density at radius 3 is 2.50 bits per heavy atom. The molecule has 128 valence electrons. The third kappa shape index (κ3) is 5.43. The molecule has 6 nitrogen and oxygen atoms in total. The van der Waals surface area contributed by atoms with Crippen molar-refractivity contribution in [1.82, 2.24) is 4.90 Å². The minimum absolute atomic E-state index is 0.182. The number of benzene rings is 1. The number of nitrogens with one attached hydrogen (secondary N) is 1. The van der Waals surface area contributed by atoms with Gasteiger partial charge in [0.15, 0.2) is 6.61 Å². The Kier molecular flexibility index (Phi) is 6.45. The Labute approximate surface area is 149 Å². The first kappa shape index (κ1) is 18.1. The van der Waals surface area contributed by atoms with Crippen molar-refractivity contribution in [2.75, 3.05) is 18.5 Å². The first-order valence-corrected chi connectivity index (χ1v) is 8.48. The van der Waals surface area contributed by atoms with E-state index in [2.05, 4.69) is 5.32 Å². The lowest BCUT2D eigenvalue weighted by Gasteiger charge is -2.20. The van der Waals surface area contributed by atoms with Gasteiger partial charge in [0.05, 0.1) is 10.9 Å². The molecule has 24 heavy (non-hydrogen) atoms. The number of ether oxygens (including phenoxy) is 1. The molecular formula is C16H18ClN3O3S. The van der Waals surface area contributed by atoms with Gasteiger partial charge in [0.25, 0.3) is 5.91 Å². The number of hydrogen-bond donors (Lipinski definition) is 2. The molecule has 0 aliphatic rings. The molecule has 2 aromatic rings. The number of urea groups is 1. The van der Waals surface area contributed by atoms with E-state index in [9.17, 15) is 9.59 Å². The third-order valence-electron chi connectivity index (χ3n) is 3.13. The van der Waals surface area contributed by atoms with Crippen LogP contribution in [0.1, 0.15) is 11.8 Å². The minimum Gasteiger partial charge on any atom is -0.484 e. The maximum atomic E-state index is 12.3. The molecule has 0 unspecified atom stereocenters. The highest BCUT2D eigenvalue weighted by atomic mass is 35.5. The van der Waals surface area contributed by atoms with Gasteiger partial charge in [-0.25, -0.2) is 4.79 Å². The highest BCUT2D eigenvalue weighted by molar-refractivity contribution is 7.16. The van der Waals surface area contributed by atoms with Gasteiger partial charge in [-0.1, -0.05) is 11.6 Å². The molecule has 0 spiro atoms. The number of halogens is 1. The van der Waals surface area contributed by atoms with Gasteiger partial charge >= 0.3 is 6.03 Å². The Balaban J connectivity index is 1.93. The van der Waals surface area contributed by atoms with Crippen molar-refractivity contribution in [1.29, 1.82) is 0 Å². The molecule has 3 amide bonds. The molecule has 0 saturated heterocycles. The fraction of sp³-hybridized carbons (Fsp3) is 0.250. The Morgan fingerprint density at radius 2 is 1.96 bits per heavy atom. The average molecular weight is 368 g/mol. The van der Waals surface area contributed by atoms with Crippen LogP contribution in [-0.2, 0) is 11.3 Å². The fourth-order valence-electron chi connectivity index (χ4n) is 1.94. The second-order valence-corrected chi connectivity index (χ2v) is 6.73. The number of carbonyl (C=O) groups is 2. The maximum Gasteiger partial charge on any atom is 0.322 e. The molecule has 3 N–H and O–H groups in total. The summed E-state index contributed by atoms with van der Waals surface area (Å²) in [5, 5.41) is 2.82. The predicted octanol–water partition coefficient (Wildman–Crippen LogP) is 3.32. The van der Waals surface area contributed by atoms with Crippen LogP contribution in [0.15, 0.2) is 36.4 Å². The van der Waals surface area contributed by atoms with Crippen molar-refractivity contribution < 1.29 is 14.3 Å². The van der Waals surface area contributed by atoms with Crippen LogP contribution in [0.4, 0.5) is 10.5 Å². The molecule has 0 bridgehead atoms. The number of thiophene rings is 1. The fourth-order valence-corrected chi connectivity index (χ4v) is 3.05. The van der Waals surface area contributed by atoms with E-state index in [1.54, 1.807) is 29.2 Å². The summed E-state index contributed by atoms with van der Waals surface area (Å²) in [7, 11) is 0. The van der Waals surface area contributed by atoms with Crippen LogP contribution in [0.5, 0.6) is 5.75 Å². The summed E-state index contributed by atoms with van der Waals surface area (Å²) in [5.41, 5.74) is 5.65. The van der Waals surface area contributed by atoms with Crippen molar-refractivity contribution >= 4 is 40.6 Å². The van der Waals surface area contributed by atoms with E-state index in [-0.39, 0.29) is 12.6 Å². The van der Waals surface area contributed by atoms with E-state index < -0.39 is 5.91 Å². The monoisotopic (exact) mass is 367 g/mol. The lowest BCUT2D eigenvalue weighted by molar-refractivity contribution is -0.119. The molecular weight excluding hydrogens is 350 g/mol. The lowest BCUT2D eigenvalue weighted by atomic mass is 10.3. The number of amides is 3. The maximum absolute atomic E-state index is 12.3. The Hall–Kier alpha value is -2.25. The molecule has 0 aliphatic heterocycles. The van der Waals surface area contributed by atoms with Gasteiger partial charge in [-0.15, -0.1) is 11.3 Å². The van der Waals surface area contributed by atoms with Crippen molar-refractivity contribution in [3.8, 4) is 5.75 Å². The molecule has 8 heteroatoms. The standard InChI is InChI=1S/C16H18ClN3O3S/c1-2-20(9-13-7-8-14(17)24-13)16(22)19-11-3-5-12(6-4-11)23-10-15(18)21/h3-8H,2,9-10H2,1H3,(H2,18,21)(H,19,22). The van der Waals surface area contributed by atoms with Crippen LogP contribution >= 0.6 is 22.9 Å². The summed E-state index contributed by atoms with van der Waals surface area (Å²) in [6, 6.07) is 10.2. The average Bonchev–Trinajstić information content (AvgIpc) is 2.97. The van der Waals surface area contributed by atoms with Crippen LogP contribution in [0.2, 0.25) is 4.34 Å². The minimum atomic E-state index is -0.542. The van der Waals surface area contributed by atoms with E-state index in [4.69, 9.17) is 22.1 Å². The molecule has 0 fully saturated rings. The van der Waals surface area contributed by atoms with Crippen LogP contribution in [0, 0.1) is 0 Å². The molecule has 0 saturated carbocycles. The van der Waals surface area contributed by atoms with Gasteiger partial charge in [-0.3, -0.25) is 4.79 Å². The highest BCUT2D eigenvalue weighted by Crippen LogP contribution is 2.23. The topological polar surface area (TPSA) is 84.7 Å². The number of primary amides is 1. The molecule has 0 aliphatic carbocycles. The highest BCUT2D eigenvalue weighted by Gasteiger charge is 2.13. The summed E-state index contributed by atoms with van der Waals surface area (Å²) in [5.74, 6) is -0.0352. The second kappa shape index (κ2) is 8.56. The largest absolute Gasteiger partial charge is 0.484 e. The summed E-state index contributed by atoms with van der Waals surface area (Å²) in [6.45, 7) is 2.80. The summed E-state index contributed by atoms with van der Waals surface area (Å²) >= 11 is 7.37. The zero-order valence-electron chi connectivity index (χ0n) is 13.1. The molecule has 2 rings (SSSR count). The SMILES string of the molecule is CCN(Cc1ccc(Cl)s1)C(=O)Nc1ccc(OCC(N)=O)cc1. The van der Waals surface area contributed by atoms with E-state index in [1.807, 2.05) is 19.1 Å². The van der Waals surface area contributed by atoms with Crippen molar-refractivity contribution in [2.45, 2.75) is 13.5 Å². The zero-order chi connectivity index (χ0) is 17.5. The van der Waals surface area contributed by atoms with Crippen molar-refractivity contribution in [2.24, 2.45) is 5.73 Å². The van der Waals surface area contributed by atoms with Gasteiger partial charge in [0, 0.05) is 17.1 Å². The Morgan fingerprint density at radius 1 is 1.25 bits per heavy atom. The molecule has 1 heterocycles. The van der Waals surface area contributed by atoms with Crippen LogP contribution < -0.4 is 15.8 Å². The van der Waals surface area contributed by atoms with Gasteiger partial charge in [-0.2, -0.15) is 0 Å². The summed E-state index contributed by atoms with van der Waals surface area (Å²) < 4.78 is 5.87. The molecule has 0 radical (unpaired) electrons. The van der Waals surface area contributed by atoms with Gasteiger partial charge in [0.2, 0.25) is 0 Å². The first-order chi connectivity index (χ1) is 11.5. The van der Waals surface area contributed by atoms with Gasteiger partial charge in [-0.05, 0) is 43.3 Å². The van der Waals surface area contributed by atoms with E-state index in [0.29, 0.717) is 28.9 Å². The molecule has 1 aromatic carbocycles. The summed E-state index contributed by atoms with van der Waals surface area (Å²) in [4.78, 5) is 25.7. The smallest absolute Gasteiger partial charge is 0.322 e. The lowest BCUT2D eigenvalue weighted by Crippen LogP contribution is -2.34. The number of nitrogens with zero attached hydrogens (tertiary/aromatic N) is 1. The van der Waals surface area contributed by atoms with Crippen LogP contribution in [0.3, 0.4) is 0 Å². The third-order valence-corrected chi connectivity index (χ3v) is 4.35. The number of nitrogens with two attached hydrogens (primary N) is 1. The van der Waals surface area contributed by atoms with Crippen LogP contribution in [0.25, 0.3) is 0 Å². The quantitative estimate of drug-likeness (QED) is 0.787. The first-order valence-electron chi connectivity index (χ1n) is 7.29. The number of rotatable bonds is 7. The van der Waals surface area contributed by atoms with E-state index in [1.165, 1.54) is 11.3 Å². The Bertz CT molecular complexity index is 703. The molecule has 0 atom stereocenters. The second-order valence-electron chi connectivity index (χ2n) is 4.93.